The van der Waals surface area contributed by atoms with Gasteiger partial charge in [0, 0.05) is 24.5 Å². The number of hydrogen-bond acceptors (Lipinski definition) is 4. The van der Waals surface area contributed by atoms with Crippen LogP contribution in [0.4, 0.5) is 4.39 Å². The monoisotopic (exact) mass is 410 g/mol. The minimum absolute atomic E-state index is 0.0918. The number of alkyl halides is 1. The summed E-state index contributed by atoms with van der Waals surface area (Å²) in [6, 6.07) is 9.47. The van der Waals surface area contributed by atoms with Gasteiger partial charge in [0.25, 0.3) is 0 Å². The third-order valence-corrected chi connectivity index (χ3v) is 5.88. The predicted molar refractivity (Wildman–Crippen MR) is 117 cm³/mol. The highest BCUT2D eigenvalue weighted by Gasteiger charge is 2.49. The lowest BCUT2D eigenvalue weighted by atomic mass is 9.81. The van der Waals surface area contributed by atoms with Crippen LogP contribution >= 0.6 is 18.5 Å². The maximum Gasteiger partial charge on any atom is 0.155 e. The highest BCUT2D eigenvalue weighted by atomic mass is 31.0. The van der Waals surface area contributed by atoms with Crippen molar-refractivity contribution in [3.63, 3.8) is 0 Å². The van der Waals surface area contributed by atoms with E-state index in [1.54, 1.807) is 19.9 Å². The van der Waals surface area contributed by atoms with Crippen LogP contribution in [0.5, 0.6) is 0 Å². The van der Waals surface area contributed by atoms with Crippen molar-refractivity contribution in [2.75, 3.05) is 13.7 Å². The van der Waals surface area contributed by atoms with E-state index in [1.807, 2.05) is 24.3 Å². The van der Waals surface area contributed by atoms with Crippen molar-refractivity contribution in [3.05, 3.63) is 41.6 Å². The first-order valence-corrected chi connectivity index (χ1v) is 9.86. The van der Waals surface area contributed by atoms with Crippen LogP contribution in [0.1, 0.15) is 39.0 Å². The number of aromatic nitrogens is 1. The van der Waals surface area contributed by atoms with E-state index in [0.717, 1.165) is 16.2 Å². The molecule has 0 radical (unpaired) electrons. The molecule has 1 aromatic carbocycles. The van der Waals surface area contributed by atoms with Gasteiger partial charge in [-0.2, -0.15) is 0 Å². The molecule has 0 bridgehead atoms. The molecule has 27 heavy (non-hydrogen) atoms. The molecule has 0 aliphatic heterocycles. The van der Waals surface area contributed by atoms with Crippen molar-refractivity contribution in [1.82, 2.24) is 4.98 Å². The van der Waals surface area contributed by atoms with E-state index in [4.69, 9.17) is 15.5 Å². The Labute approximate surface area is 165 Å². The van der Waals surface area contributed by atoms with Crippen LogP contribution in [0.2, 0.25) is 0 Å². The number of methoxy groups -OCH3 is 1. The molecule has 4 nitrogen and oxygen atoms in total. The summed E-state index contributed by atoms with van der Waals surface area (Å²) < 4.78 is 20.8. The Hall–Kier alpha value is -0.960. The molecule has 2 rings (SSSR count). The SMILES string of the molecule is COC(CN)(c1cc(C(C)(C)O)c(P)c(-c2ccc(P)cc2)n1)C(C)(C)F. The first-order chi connectivity index (χ1) is 12.4. The summed E-state index contributed by atoms with van der Waals surface area (Å²) >= 11 is 0. The minimum atomic E-state index is -1.79. The predicted octanol–water partition coefficient (Wildman–Crippen LogP) is 2.53. The second-order valence-electron chi connectivity index (χ2n) is 7.71. The molecule has 148 valence electrons. The van der Waals surface area contributed by atoms with Crippen LogP contribution < -0.4 is 16.3 Å². The molecule has 0 saturated heterocycles. The van der Waals surface area contributed by atoms with Gasteiger partial charge in [0.15, 0.2) is 5.60 Å². The summed E-state index contributed by atoms with van der Waals surface area (Å²) in [6.07, 6.45) is 0. The standard InChI is InChI=1S/C20H29FN2O2P2/c1-18(2,24)14-10-15(20(11-22,25-5)19(3,4)21)23-16(17(14)27)12-6-8-13(26)9-7-12/h6-10,24H,11,22,26-27H2,1-5H3. The summed E-state index contributed by atoms with van der Waals surface area (Å²) in [6.45, 7) is 6.13. The minimum Gasteiger partial charge on any atom is -0.386 e. The van der Waals surface area contributed by atoms with Gasteiger partial charge < -0.3 is 15.6 Å². The molecule has 0 fully saturated rings. The molecule has 0 saturated carbocycles. The van der Waals surface area contributed by atoms with Gasteiger partial charge in [0.05, 0.1) is 17.0 Å². The summed E-state index contributed by atoms with van der Waals surface area (Å²) in [5, 5.41) is 12.5. The summed E-state index contributed by atoms with van der Waals surface area (Å²) in [7, 11) is 6.71. The van der Waals surface area contributed by atoms with Gasteiger partial charge >= 0.3 is 0 Å². The fourth-order valence-electron chi connectivity index (χ4n) is 3.21. The molecule has 0 amide bonds. The smallest absolute Gasteiger partial charge is 0.155 e. The first kappa shape index (κ1) is 22.3. The van der Waals surface area contributed by atoms with Gasteiger partial charge in [-0.25, -0.2) is 9.37 Å². The quantitative estimate of drug-likeness (QED) is 0.719. The Morgan fingerprint density at radius 1 is 1.15 bits per heavy atom. The van der Waals surface area contributed by atoms with E-state index in [2.05, 4.69) is 18.5 Å². The molecule has 0 aliphatic carbocycles. The zero-order valence-corrected chi connectivity index (χ0v) is 18.8. The van der Waals surface area contributed by atoms with Gasteiger partial charge in [-0.1, -0.05) is 24.3 Å². The van der Waals surface area contributed by atoms with E-state index >= 15 is 4.39 Å². The molecular weight excluding hydrogens is 381 g/mol. The molecule has 1 heterocycles. The number of nitrogens with two attached hydrogens (primary N) is 1. The zero-order valence-electron chi connectivity index (χ0n) is 16.5. The fraction of sp³-hybridized carbons (Fsp3) is 0.450. The third kappa shape index (κ3) is 4.23. The molecule has 3 atom stereocenters. The Morgan fingerprint density at radius 3 is 2.11 bits per heavy atom. The first-order valence-electron chi connectivity index (χ1n) is 8.71. The second kappa shape index (κ2) is 7.81. The van der Waals surface area contributed by atoms with Gasteiger partial charge in [-0.15, -0.1) is 18.5 Å². The average Bonchev–Trinajstić information content (AvgIpc) is 2.56. The summed E-state index contributed by atoms with van der Waals surface area (Å²) in [4.78, 5) is 4.74. The molecule has 2 aromatic rings. The van der Waals surface area contributed by atoms with E-state index < -0.39 is 16.9 Å². The van der Waals surface area contributed by atoms with E-state index in [-0.39, 0.29) is 6.54 Å². The second-order valence-corrected chi connectivity index (χ2v) is 8.95. The Bertz CT molecular complexity index is 808. The summed E-state index contributed by atoms with van der Waals surface area (Å²) in [5.74, 6) is 0. The Morgan fingerprint density at radius 2 is 1.70 bits per heavy atom. The Balaban J connectivity index is 2.87. The van der Waals surface area contributed by atoms with Crippen LogP contribution in [-0.2, 0) is 15.9 Å². The third-order valence-electron chi connectivity index (χ3n) is 4.91. The number of aliphatic hydroxyl groups is 1. The molecule has 0 spiro atoms. The lowest BCUT2D eigenvalue weighted by Gasteiger charge is -2.40. The van der Waals surface area contributed by atoms with Crippen LogP contribution in [0.3, 0.4) is 0 Å². The maximum atomic E-state index is 15.2. The average molecular weight is 410 g/mol. The van der Waals surface area contributed by atoms with Crippen molar-refractivity contribution in [3.8, 4) is 11.3 Å². The number of benzene rings is 1. The molecule has 3 N–H and O–H groups in total. The molecule has 1 aromatic heterocycles. The molecule has 0 aliphatic rings. The maximum absolute atomic E-state index is 15.2. The topological polar surface area (TPSA) is 68.4 Å². The molecule has 3 unspecified atom stereocenters. The van der Waals surface area contributed by atoms with Gasteiger partial charge in [-0.05, 0) is 44.6 Å². The van der Waals surface area contributed by atoms with Crippen LogP contribution in [-0.4, -0.2) is 29.4 Å². The highest BCUT2D eigenvalue weighted by Crippen LogP contribution is 2.39. The molecule has 7 heteroatoms. The molecular formula is C20H29FN2O2P2. The highest BCUT2D eigenvalue weighted by molar-refractivity contribution is 7.28. The van der Waals surface area contributed by atoms with Crippen molar-refractivity contribution < 1.29 is 14.2 Å². The fourth-order valence-corrected chi connectivity index (χ4v) is 4.07. The Kier molecular flexibility index (Phi) is 6.46. The zero-order chi connectivity index (χ0) is 20.6. The van der Waals surface area contributed by atoms with Crippen LogP contribution in [0, 0.1) is 0 Å². The van der Waals surface area contributed by atoms with Crippen molar-refractivity contribution in [2.24, 2.45) is 5.73 Å². The van der Waals surface area contributed by atoms with E-state index in [9.17, 15) is 5.11 Å². The van der Waals surface area contributed by atoms with Gasteiger partial charge in [0.1, 0.15) is 5.67 Å². The van der Waals surface area contributed by atoms with Crippen molar-refractivity contribution >= 4 is 29.1 Å². The van der Waals surface area contributed by atoms with Crippen LogP contribution in [0.25, 0.3) is 11.3 Å². The van der Waals surface area contributed by atoms with E-state index in [1.165, 1.54) is 21.0 Å². The number of rotatable bonds is 6. The van der Waals surface area contributed by atoms with Crippen LogP contribution in [0.15, 0.2) is 30.3 Å². The number of hydrogen-bond donors (Lipinski definition) is 2. The van der Waals surface area contributed by atoms with Gasteiger partial charge in [-0.3, -0.25) is 0 Å². The lowest BCUT2D eigenvalue weighted by Crippen LogP contribution is -2.52. The normalized spacial score (nSPS) is 14.9. The number of halogens is 1. The lowest BCUT2D eigenvalue weighted by molar-refractivity contribution is -0.115. The van der Waals surface area contributed by atoms with Gasteiger partial charge in [0.2, 0.25) is 0 Å². The number of ether oxygens (including phenoxy) is 1. The summed E-state index contributed by atoms with van der Waals surface area (Å²) in [5.41, 5.74) is 4.06. The number of nitrogens with zero attached hydrogens (tertiary/aromatic N) is 1. The van der Waals surface area contributed by atoms with Crippen molar-refractivity contribution in [1.29, 1.82) is 0 Å². The largest absolute Gasteiger partial charge is 0.386 e. The van der Waals surface area contributed by atoms with E-state index in [0.29, 0.717) is 17.0 Å². The number of pyridine rings is 1. The van der Waals surface area contributed by atoms with Crippen molar-refractivity contribution in [2.45, 2.75) is 44.6 Å².